The molecule has 0 aromatic carbocycles. The van der Waals surface area contributed by atoms with Gasteiger partial charge in [0.1, 0.15) is 5.82 Å². The molecule has 8 heteroatoms. The van der Waals surface area contributed by atoms with Gasteiger partial charge in [-0.1, -0.05) is 0 Å². The van der Waals surface area contributed by atoms with E-state index in [1.807, 2.05) is 6.92 Å². The van der Waals surface area contributed by atoms with E-state index in [1.54, 1.807) is 6.07 Å². The Hall–Kier alpha value is -2.38. The van der Waals surface area contributed by atoms with Gasteiger partial charge in [-0.05, 0) is 13.0 Å². The van der Waals surface area contributed by atoms with Crippen molar-refractivity contribution in [2.75, 3.05) is 29.9 Å². The number of amides is 2. The molecule has 0 radical (unpaired) electrons. The van der Waals surface area contributed by atoms with Gasteiger partial charge in [-0.2, -0.15) is 4.98 Å². The molecule has 0 unspecified atom stereocenters. The Morgan fingerprint density at radius 2 is 1.94 bits per heavy atom. The van der Waals surface area contributed by atoms with Gasteiger partial charge >= 0.3 is 0 Å². The summed E-state index contributed by atoms with van der Waals surface area (Å²) in [6.45, 7) is 2.30. The lowest BCUT2D eigenvalue weighted by molar-refractivity contribution is -0.117. The summed E-state index contributed by atoms with van der Waals surface area (Å²) in [6.07, 6.45) is 1.52. The SMILES string of the molecule is CCNc1nccc(N(CC(N)=O)CC(N)=O)n1. The van der Waals surface area contributed by atoms with Crippen molar-refractivity contribution in [2.45, 2.75) is 6.92 Å². The fourth-order valence-corrected chi connectivity index (χ4v) is 1.36. The van der Waals surface area contributed by atoms with Gasteiger partial charge < -0.3 is 21.7 Å². The maximum absolute atomic E-state index is 10.9. The second-order valence-corrected chi connectivity index (χ2v) is 3.56. The van der Waals surface area contributed by atoms with Crippen LogP contribution in [0.3, 0.4) is 0 Å². The number of nitrogens with zero attached hydrogens (tertiary/aromatic N) is 3. The molecule has 8 nitrogen and oxygen atoms in total. The fourth-order valence-electron chi connectivity index (χ4n) is 1.36. The van der Waals surface area contributed by atoms with Crippen molar-refractivity contribution in [3.63, 3.8) is 0 Å². The predicted molar refractivity (Wildman–Crippen MR) is 66.8 cm³/mol. The molecule has 1 heterocycles. The Balaban J connectivity index is 2.92. The molecule has 0 aliphatic heterocycles. The highest BCUT2D eigenvalue weighted by Gasteiger charge is 2.14. The summed E-state index contributed by atoms with van der Waals surface area (Å²) in [4.78, 5) is 31.4. The van der Waals surface area contributed by atoms with Gasteiger partial charge in [-0.3, -0.25) is 9.59 Å². The van der Waals surface area contributed by atoms with Gasteiger partial charge in [0.05, 0.1) is 13.1 Å². The number of hydrogen-bond acceptors (Lipinski definition) is 6. The van der Waals surface area contributed by atoms with Crippen molar-refractivity contribution in [3.8, 4) is 0 Å². The summed E-state index contributed by atoms with van der Waals surface area (Å²) in [6, 6.07) is 1.58. The maximum atomic E-state index is 10.9. The van der Waals surface area contributed by atoms with Crippen LogP contribution in [0.25, 0.3) is 0 Å². The number of primary amides is 2. The third kappa shape index (κ3) is 4.24. The lowest BCUT2D eigenvalue weighted by atomic mass is 10.4. The number of hydrogen-bond donors (Lipinski definition) is 3. The standard InChI is InChI=1S/C10H16N6O2/c1-2-13-10-14-4-3-9(15-10)16(5-7(11)17)6-8(12)18/h3-4H,2,5-6H2,1H3,(H2,11,17)(H2,12,18)(H,13,14,15). The number of aromatic nitrogens is 2. The van der Waals surface area contributed by atoms with Crippen LogP contribution in [0.5, 0.6) is 0 Å². The van der Waals surface area contributed by atoms with E-state index in [0.29, 0.717) is 18.3 Å². The Labute approximate surface area is 104 Å². The van der Waals surface area contributed by atoms with E-state index in [0.717, 1.165) is 0 Å². The number of rotatable bonds is 7. The Bertz CT molecular complexity index is 420. The molecule has 1 aromatic rings. The minimum atomic E-state index is -0.570. The molecule has 0 fully saturated rings. The topological polar surface area (TPSA) is 127 Å². The highest BCUT2D eigenvalue weighted by atomic mass is 16.2. The van der Waals surface area contributed by atoms with Gasteiger partial charge in [0.25, 0.3) is 0 Å². The van der Waals surface area contributed by atoms with E-state index >= 15 is 0 Å². The van der Waals surface area contributed by atoms with Crippen LogP contribution in [-0.2, 0) is 9.59 Å². The van der Waals surface area contributed by atoms with Crippen LogP contribution < -0.4 is 21.7 Å². The Kier molecular flexibility index (Phi) is 4.85. The number of nitrogens with one attached hydrogen (secondary N) is 1. The normalized spacial score (nSPS) is 9.83. The summed E-state index contributed by atoms with van der Waals surface area (Å²) in [5.74, 6) is -0.313. The van der Waals surface area contributed by atoms with Gasteiger partial charge in [0.2, 0.25) is 17.8 Å². The molecular weight excluding hydrogens is 236 g/mol. The predicted octanol–water partition coefficient (Wildman–Crippen LogP) is -1.31. The number of anilines is 2. The second kappa shape index (κ2) is 6.38. The summed E-state index contributed by atoms with van der Waals surface area (Å²) in [7, 11) is 0. The molecule has 0 saturated heterocycles. The Morgan fingerprint density at radius 3 is 2.44 bits per heavy atom. The molecular formula is C10H16N6O2. The minimum absolute atomic E-state index is 0.133. The summed E-state index contributed by atoms with van der Waals surface area (Å²) >= 11 is 0. The molecule has 2 amide bonds. The fraction of sp³-hybridized carbons (Fsp3) is 0.400. The average molecular weight is 252 g/mol. The van der Waals surface area contributed by atoms with E-state index in [2.05, 4.69) is 15.3 Å². The van der Waals surface area contributed by atoms with Gasteiger partial charge in [0.15, 0.2) is 0 Å². The van der Waals surface area contributed by atoms with Crippen LogP contribution in [0.1, 0.15) is 6.92 Å². The smallest absolute Gasteiger partial charge is 0.237 e. The molecule has 0 saturated carbocycles. The Morgan fingerprint density at radius 1 is 1.33 bits per heavy atom. The van der Waals surface area contributed by atoms with E-state index < -0.39 is 11.8 Å². The monoisotopic (exact) mass is 252 g/mol. The third-order valence-corrected chi connectivity index (χ3v) is 1.99. The third-order valence-electron chi connectivity index (χ3n) is 1.99. The number of nitrogens with two attached hydrogens (primary N) is 2. The van der Waals surface area contributed by atoms with Crippen LogP contribution in [0.15, 0.2) is 12.3 Å². The highest BCUT2D eigenvalue weighted by Crippen LogP contribution is 2.11. The van der Waals surface area contributed by atoms with E-state index in [-0.39, 0.29) is 13.1 Å². The largest absolute Gasteiger partial charge is 0.368 e. The lowest BCUT2D eigenvalue weighted by Gasteiger charge is -2.20. The first kappa shape index (κ1) is 13.7. The number of carbonyl (C=O) groups excluding carboxylic acids is 2. The molecule has 0 spiro atoms. The van der Waals surface area contributed by atoms with Crippen LogP contribution in [0, 0.1) is 0 Å². The molecule has 1 rings (SSSR count). The molecule has 1 aromatic heterocycles. The molecule has 0 aliphatic carbocycles. The van der Waals surface area contributed by atoms with Crippen molar-refractivity contribution in [1.29, 1.82) is 0 Å². The van der Waals surface area contributed by atoms with Gasteiger partial charge in [-0.15, -0.1) is 0 Å². The van der Waals surface area contributed by atoms with Gasteiger partial charge in [0, 0.05) is 12.7 Å². The zero-order valence-corrected chi connectivity index (χ0v) is 10.1. The van der Waals surface area contributed by atoms with Crippen LogP contribution in [0.4, 0.5) is 11.8 Å². The summed E-state index contributed by atoms with van der Waals surface area (Å²) < 4.78 is 0. The average Bonchev–Trinajstić information content (AvgIpc) is 2.28. The summed E-state index contributed by atoms with van der Waals surface area (Å²) in [5, 5.41) is 2.93. The quantitative estimate of drug-likeness (QED) is 0.552. The van der Waals surface area contributed by atoms with Gasteiger partial charge in [-0.25, -0.2) is 4.98 Å². The van der Waals surface area contributed by atoms with E-state index in [1.165, 1.54) is 11.1 Å². The van der Waals surface area contributed by atoms with Crippen LogP contribution in [-0.4, -0.2) is 41.4 Å². The molecule has 0 bridgehead atoms. The maximum Gasteiger partial charge on any atom is 0.237 e. The van der Waals surface area contributed by atoms with Crippen molar-refractivity contribution >= 4 is 23.6 Å². The minimum Gasteiger partial charge on any atom is -0.368 e. The summed E-state index contributed by atoms with van der Waals surface area (Å²) in [5.41, 5.74) is 10.2. The van der Waals surface area contributed by atoms with E-state index in [4.69, 9.17) is 11.5 Å². The first-order chi connectivity index (χ1) is 8.52. The van der Waals surface area contributed by atoms with Crippen LogP contribution >= 0.6 is 0 Å². The first-order valence-corrected chi connectivity index (χ1v) is 5.41. The lowest BCUT2D eigenvalue weighted by Crippen LogP contribution is -2.40. The first-order valence-electron chi connectivity index (χ1n) is 5.41. The zero-order chi connectivity index (χ0) is 13.5. The number of carbonyl (C=O) groups is 2. The van der Waals surface area contributed by atoms with Crippen LogP contribution in [0.2, 0.25) is 0 Å². The van der Waals surface area contributed by atoms with E-state index in [9.17, 15) is 9.59 Å². The second-order valence-electron chi connectivity index (χ2n) is 3.56. The molecule has 0 aliphatic rings. The van der Waals surface area contributed by atoms with Crippen molar-refractivity contribution < 1.29 is 9.59 Å². The molecule has 98 valence electrons. The zero-order valence-electron chi connectivity index (χ0n) is 10.1. The van der Waals surface area contributed by atoms with Crippen molar-refractivity contribution in [1.82, 2.24) is 9.97 Å². The molecule has 18 heavy (non-hydrogen) atoms. The van der Waals surface area contributed by atoms with Crippen molar-refractivity contribution in [3.05, 3.63) is 12.3 Å². The molecule has 0 atom stereocenters. The highest BCUT2D eigenvalue weighted by molar-refractivity contribution is 5.84. The molecule has 5 N–H and O–H groups in total. The van der Waals surface area contributed by atoms with Crippen molar-refractivity contribution in [2.24, 2.45) is 11.5 Å².